The maximum atomic E-state index is 13.3. The van der Waals surface area contributed by atoms with Crippen LogP contribution in [0.1, 0.15) is 22.3 Å². The van der Waals surface area contributed by atoms with Crippen LogP contribution < -0.4 is 5.32 Å². The van der Waals surface area contributed by atoms with E-state index in [9.17, 15) is 13.7 Å². The summed E-state index contributed by atoms with van der Waals surface area (Å²) in [5, 5.41) is 13.8. The van der Waals surface area contributed by atoms with Gasteiger partial charge in [-0.1, -0.05) is 59.6 Å². The number of aryl methyl sites for hydroxylation is 3. The minimum Gasteiger partial charge on any atom is -0.348 e. The molecule has 3 aromatic rings. The zero-order valence-electron chi connectivity index (χ0n) is 18.0. The van der Waals surface area contributed by atoms with Crippen molar-refractivity contribution in [2.75, 3.05) is 5.32 Å². The van der Waals surface area contributed by atoms with Crippen LogP contribution in [0.3, 0.4) is 0 Å². The fourth-order valence-electron chi connectivity index (χ4n) is 3.07. The molecule has 0 bridgehead atoms. The number of allylic oxidation sites excluding steroid dienone is 1. The molecule has 0 aliphatic heterocycles. The lowest BCUT2D eigenvalue weighted by Gasteiger charge is -2.15. The smallest absolute Gasteiger partial charge is 0.219 e. The largest absolute Gasteiger partial charge is 0.348 e. The quantitative estimate of drug-likeness (QED) is 0.376. The van der Waals surface area contributed by atoms with Crippen molar-refractivity contribution in [1.29, 1.82) is 5.26 Å². The average Bonchev–Trinajstić information content (AvgIpc) is 2.76. The molecular formula is C25H23ClN2O2S2. The Hall–Kier alpha value is -2.72. The molecule has 0 saturated carbocycles. The Morgan fingerprint density at radius 1 is 1.00 bits per heavy atom. The average molecular weight is 483 g/mol. The molecule has 0 fully saturated rings. The summed E-state index contributed by atoms with van der Waals surface area (Å²) in [7, 11) is -4.01. The van der Waals surface area contributed by atoms with Crippen LogP contribution in [0.2, 0.25) is 5.02 Å². The van der Waals surface area contributed by atoms with Crippen LogP contribution in [-0.4, -0.2) is 8.42 Å². The number of anilines is 1. The van der Waals surface area contributed by atoms with Crippen molar-refractivity contribution in [3.8, 4) is 6.07 Å². The molecule has 0 radical (unpaired) electrons. The van der Waals surface area contributed by atoms with E-state index in [4.69, 9.17) is 11.6 Å². The molecule has 1 N–H and O–H groups in total. The van der Waals surface area contributed by atoms with Gasteiger partial charge in [-0.25, -0.2) is 8.42 Å². The van der Waals surface area contributed by atoms with Crippen LogP contribution in [-0.2, 0) is 15.6 Å². The Bertz CT molecular complexity index is 1310. The first-order valence-corrected chi connectivity index (χ1v) is 12.7. The number of rotatable bonds is 7. The summed E-state index contributed by atoms with van der Waals surface area (Å²) in [6.07, 6.45) is 0. The van der Waals surface area contributed by atoms with Crippen LogP contribution in [0.5, 0.6) is 0 Å². The SMILES string of the molecule is Cc1ccc(CSC(Nc2ccc(C)c(Cl)c2)=C(C#N)S(=O)(=O)c2ccccc2)c(C)c1. The van der Waals surface area contributed by atoms with Gasteiger partial charge in [0.25, 0.3) is 0 Å². The van der Waals surface area contributed by atoms with Crippen molar-refractivity contribution in [2.24, 2.45) is 0 Å². The highest BCUT2D eigenvalue weighted by atomic mass is 35.5. The lowest BCUT2D eigenvalue weighted by atomic mass is 10.1. The fraction of sp³-hybridized carbons (Fsp3) is 0.160. The molecular weight excluding hydrogens is 460 g/mol. The normalized spacial score (nSPS) is 12.1. The third-order valence-electron chi connectivity index (χ3n) is 4.93. The van der Waals surface area contributed by atoms with E-state index in [0.717, 1.165) is 22.3 Å². The maximum absolute atomic E-state index is 13.3. The van der Waals surface area contributed by atoms with Crippen LogP contribution in [0.4, 0.5) is 5.69 Å². The Labute approximate surface area is 198 Å². The summed E-state index contributed by atoms with van der Waals surface area (Å²) in [4.78, 5) is -0.250. The number of halogens is 1. The number of sulfone groups is 1. The maximum Gasteiger partial charge on any atom is 0.219 e. The Kier molecular flexibility index (Phi) is 7.68. The van der Waals surface area contributed by atoms with Gasteiger partial charge >= 0.3 is 0 Å². The van der Waals surface area contributed by atoms with Crippen LogP contribution in [0.15, 0.2) is 81.6 Å². The van der Waals surface area contributed by atoms with Gasteiger partial charge in [-0.3, -0.25) is 0 Å². The summed E-state index contributed by atoms with van der Waals surface area (Å²) < 4.78 is 26.6. The third-order valence-corrected chi connectivity index (χ3v) is 8.24. The lowest BCUT2D eigenvalue weighted by Crippen LogP contribution is -2.10. The second-order valence-corrected chi connectivity index (χ2v) is 10.7. The Morgan fingerprint density at radius 2 is 1.72 bits per heavy atom. The molecule has 0 amide bonds. The van der Waals surface area contributed by atoms with Gasteiger partial charge in [0.15, 0.2) is 4.91 Å². The standard InChI is InChI=1S/C25H23ClN2O2S2/c1-17-9-11-20(19(3)13-17)16-31-25(28-21-12-10-18(2)23(26)14-21)24(15-27)32(29,30)22-7-5-4-6-8-22/h4-14,28H,16H2,1-3H3. The van der Waals surface area contributed by atoms with Gasteiger partial charge in [-0.15, -0.1) is 11.8 Å². The Morgan fingerprint density at radius 3 is 2.34 bits per heavy atom. The van der Waals surface area contributed by atoms with Crippen molar-refractivity contribution in [2.45, 2.75) is 31.4 Å². The first-order chi connectivity index (χ1) is 15.2. The predicted octanol–water partition coefficient (Wildman–Crippen LogP) is 6.78. The third kappa shape index (κ3) is 5.55. The van der Waals surface area contributed by atoms with Gasteiger partial charge in [0, 0.05) is 16.5 Å². The van der Waals surface area contributed by atoms with E-state index in [1.54, 1.807) is 24.3 Å². The van der Waals surface area contributed by atoms with Crippen LogP contribution in [0, 0.1) is 32.1 Å². The highest BCUT2D eigenvalue weighted by Gasteiger charge is 2.25. The molecule has 7 heteroatoms. The van der Waals surface area contributed by atoms with E-state index in [2.05, 4.69) is 11.4 Å². The fourth-order valence-corrected chi connectivity index (χ4v) is 5.91. The van der Waals surface area contributed by atoms with E-state index >= 15 is 0 Å². The number of nitrogens with zero attached hydrogens (tertiary/aromatic N) is 1. The van der Waals surface area contributed by atoms with Crippen molar-refractivity contribution in [3.63, 3.8) is 0 Å². The lowest BCUT2D eigenvalue weighted by molar-refractivity contribution is 0.603. The minimum absolute atomic E-state index is 0.0740. The summed E-state index contributed by atoms with van der Waals surface area (Å²) in [5.41, 5.74) is 4.85. The van der Waals surface area contributed by atoms with Gasteiger partial charge in [0.05, 0.1) is 4.90 Å². The van der Waals surface area contributed by atoms with Crippen molar-refractivity contribution < 1.29 is 8.42 Å². The van der Waals surface area contributed by atoms with E-state index in [-0.39, 0.29) is 14.8 Å². The number of hydrogen-bond acceptors (Lipinski definition) is 5. The first-order valence-electron chi connectivity index (χ1n) is 9.89. The molecule has 0 aromatic heterocycles. The van der Waals surface area contributed by atoms with Gasteiger partial charge in [0.1, 0.15) is 11.1 Å². The molecule has 0 aliphatic rings. The highest BCUT2D eigenvalue weighted by molar-refractivity contribution is 8.04. The molecule has 3 aromatic carbocycles. The zero-order valence-corrected chi connectivity index (χ0v) is 20.4. The molecule has 4 nitrogen and oxygen atoms in total. The zero-order chi connectivity index (χ0) is 23.3. The number of nitriles is 1. The molecule has 164 valence electrons. The van der Waals surface area contributed by atoms with Crippen molar-refractivity contribution in [1.82, 2.24) is 0 Å². The number of hydrogen-bond donors (Lipinski definition) is 1. The molecule has 0 saturated heterocycles. The Balaban J connectivity index is 2.06. The highest BCUT2D eigenvalue weighted by Crippen LogP contribution is 2.33. The summed E-state index contributed by atoms with van der Waals surface area (Å²) in [6.45, 7) is 5.93. The predicted molar refractivity (Wildman–Crippen MR) is 133 cm³/mol. The van der Waals surface area contributed by atoms with Gasteiger partial charge in [-0.05, 0) is 61.7 Å². The number of thioether (sulfide) groups is 1. The molecule has 0 unspecified atom stereocenters. The summed E-state index contributed by atoms with van der Waals surface area (Å²) in [5.74, 6) is 0.504. The minimum atomic E-state index is -4.01. The molecule has 0 spiro atoms. The van der Waals surface area contributed by atoms with E-state index in [0.29, 0.717) is 16.5 Å². The monoisotopic (exact) mass is 482 g/mol. The second kappa shape index (κ2) is 10.3. The number of nitrogens with one attached hydrogen (secondary N) is 1. The summed E-state index contributed by atoms with van der Waals surface area (Å²) >= 11 is 7.54. The van der Waals surface area contributed by atoms with Crippen LogP contribution >= 0.6 is 23.4 Å². The van der Waals surface area contributed by atoms with Gasteiger partial charge < -0.3 is 5.32 Å². The van der Waals surface area contributed by atoms with Crippen LogP contribution in [0.25, 0.3) is 0 Å². The summed E-state index contributed by atoms with van der Waals surface area (Å²) in [6, 6.07) is 21.4. The molecule has 3 rings (SSSR count). The molecule has 32 heavy (non-hydrogen) atoms. The molecule has 0 heterocycles. The first kappa shape index (κ1) is 23.9. The molecule has 0 aliphatic carbocycles. The van der Waals surface area contributed by atoms with Crippen molar-refractivity contribution >= 4 is 38.9 Å². The number of benzene rings is 3. The van der Waals surface area contributed by atoms with Gasteiger partial charge in [0.2, 0.25) is 9.84 Å². The van der Waals surface area contributed by atoms with E-state index in [1.165, 1.54) is 23.9 Å². The van der Waals surface area contributed by atoms with E-state index in [1.807, 2.05) is 51.1 Å². The molecule has 0 atom stereocenters. The van der Waals surface area contributed by atoms with Crippen molar-refractivity contribution in [3.05, 3.63) is 104 Å². The van der Waals surface area contributed by atoms with Gasteiger partial charge in [-0.2, -0.15) is 5.26 Å². The topological polar surface area (TPSA) is 70.0 Å². The van der Waals surface area contributed by atoms with E-state index < -0.39 is 9.84 Å². The second-order valence-electron chi connectivity index (χ2n) is 7.39.